The zero-order chi connectivity index (χ0) is 19.4. The highest BCUT2D eigenvalue weighted by Gasteiger charge is 2.30. The van der Waals surface area contributed by atoms with Gasteiger partial charge in [-0.05, 0) is 30.3 Å². The summed E-state index contributed by atoms with van der Waals surface area (Å²) in [6.45, 7) is 0.657. The first-order valence-electron chi connectivity index (χ1n) is 8.23. The maximum absolute atomic E-state index is 12.7. The van der Waals surface area contributed by atoms with Gasteiger partial charge in [-0.3, -0.25) is 9.59 Å². The molecule has 8 nitrogen and oxygen atoms in total. The van der Waals surface area contributed by atoms with Crippen molar-refractivity contribution in [1.82, 2.24) is 14.5 Å². The minimum atomic E-state index is -3.66. The van der Waals surface area contributed by atoms with Crippen molar-refractivity contribution in [3.05, 3.63) is 53.4 Å². The molecule has 0 radical (unpaired) electrons. The van der Waals surface area contributed by atoms with Crippen LogP contribution in [0.1, 0.15) is 10.6 Å². The van der Waals surface area contributed by atoms with Crippen LogP contribution in [-0.2, 0) is 14.8 Å². The molecule has 27 heavy (non-hydrogen) atoms. The van der Waals surface area contributed by atoms with Gasteiger partial charge in [-0.25, -0.2) is 8.42 Å². The first-order chi connectivity index (χ1) is 12.9. The standard InChI is InChI=1S/C17H18ClN3O5S/c18-13-3-1-4-14(11-13)27(24,25)21-8-6-20(7-9-21)16(22)12-19-17(23)15-5-2-10-26-15/h1-5,10-11H,6-9,12H2,(H,19,23). The summed E-state index contributed by atoms with van der Waals surface area (Å²) in [4.78, 5) is 25.7. The highest BCUT2D eigenvalue weighted by molar-refractivity contribution is 7.89. The Morgan fingerprint density at radius 2 is 1.85 bits per heavy atom. The highest BCUT2D eigenvalue weighted by atomic mass is 35.5. The third kappa shape index (κ3) is 4.49. The molecule has 0 aliphatic carbocycles. The second-order valence-electron chi connectivity index (χ2n) is 5.90. The molecular formula is C17H18ClN3O5S. The Balaban J connectivity index is 1.54. The van der Waals surface area contributed by atoms with Crippen molar-refractivity contribution in [2.24, 2.45) is 0 Å². The van der Waals surface area contributed by atoms with Gasteiger partial charge < -0.3 is 14.6 Å². The monoisotopic (exact) mass is 411 g/mol. The molecule has 2 aromatic rings. The summed E-state index contributed by atoms with van der Waals surface area (Å²) in [6.07, 6.45) is 1.37. The lowest BCUT2D eigenvalue weighted by Crippen LogP contribution is -2.52. The van der Waals surface area contributed by atoms with Gasteiger partial charge in [0.15, 0.2) is 5.76 Å². The lowest BCUT2D eigenvalue weighted by molar-refractivity contribution is -0.131. The largest absolute Gasteiger partial charge is 0.459 e. The van der Waals surface area contributed by atoms with Crippen molar-refractivity contribution < 1.29 is 22.4 Å². The summed E-state index contributed by atoms with van der Waals surface area (Å²) in [5, 5.41) is 2.83. The highest BCUT2D eigenvalue weighted by Crippen LogP contribution is 2.20. The Kier molecular flexibility index (Phi) is 5.83. The third-order valence-corrected chi connectivity index (χ3v) is 6.30. The van der Waals surface area contributed by atoms with Crippen LogP contribution in [0.15, 0.2) is 52.0 Å². The Morgan fingerprint density at radius 3 is 2.48 bits per heavy atom. The van der Waals surface area contributed by atoms with Crippen LogP contribution in [0.4, 0.5) is 0 Å². The number of nitrogens with zero attached hydrogens (tertiary/aromatic N) is 2. The van der Waals surface area contributed by atoms with E-state index in [1.807, 2.05) is 0 Å². The summed E-state index contributed by atoms with van der Waals surface area (Å²) in [5.74, 6) is -0.634. The predicted molar refractivity (Wildman–Crippen MR) is 97.8 cm³/mol. The molecule has 1 N–H and O–H groups in total. The van der Waals surface area contributed by atoms with E-state index < -0.39 is 15.9 Å². The lowest BCUT2D eigenvalue weighted by atomic mass is 10.3. The number of carbonyl (C=O) groups is 2. The van der Waals surface area contributed by atoms with E-state index in [0.717, 1.165) is 0 Å². The Morgan fingerprint density at radius 1 is 1.11 bits per heavy atom. The number of benzene rings is 1. The maximum atomic E-state index is 12.7. The van der Waals surface area contributed by atoms with Crippen LogP contribution in [-0.4, -0.2) is 62.2 Å². The van der Waals surface area contributed by atoms with Crippen LogP contribution in [0, 0.1) is 0 Å². The minimum Gasteiger partial charge on any atom is -0.459 e. The Labute approximate surface area is 161 Å². The molecule has 2 heterocycles. The van der Waals surface area contributed by atoms with Crippen molar-refractivity contribution in [2.45, 2.75) is 4.90 Å². The molecule has 0 atom stereocenters. The van der Waals surface area contributed by atoms with Crippen LogP contribution in [0.5, 0.6) is 0 Å². The van der Waals surface area contributed by atoms with Crippen LogP contribution < -0.4 is 5.32 Å². The van der Waals surface area contributed by atoms with Gasteiger partial charge in [0.1, 0.15) is 0 Å². The number of amides is 2. The second kappa shape index (κ2) is 8.12. The van der Waals surface area contributed by atoms with E-state index in [2.05, 4.69) is 5.32 Å². The minimum absolute atomic E-state index is 0.125. The molecule has 1 fully saturated rings. The number of carbonyl (C=O) groups excluding carboxylic acids is 2. The zero-order valence-corrected chi connectivity index (χ0v) is 15.9. The van der Waals surface area contributed by atoms with Gasteiger partial charge >= 0.3 is 0 Å². The van der Waals surface area contributed by atoms with Crippen molar-refractivity contribution in [3.8, 4) is 0 Å². The maximum Gasteiger partial charge on any atom is 0.287 e. The van der Waals surface area contributed by atoms with E-state index in [0.29, 0.717) is 5.02 Å². The summed E-state index contributed by atoms with van der Waals surface area (Å²) in [5.41, 5.74) is 0. The first kappa shape index (κ1) is 19.4. The molecule has 1 aromatic heterocycles. The number of halogens is 1. The van der Waals surface area contributed by atoms with Crippen molar-refractivity contribution >= 4 is 33.4 Å². The first-order valence-corrected chi connectivity index (χ1v) is 10.0. The molecule has 144 valence electrons. The molecule has 10 heteroatoms. The summed E-state index contributed by atoms with van der Waals surface area (Å²) in [7, 11) is -3.66. The van der Waals surface area contributed by atoms with Crippen LogP contribution in [0.3, 0.4) is 0 Å². The van der Waals surface area contributed by atoms with E-state index in [-0.39, 0.29) is 49.3 Å². The average Bonchev–Trinajstić information content (AvgIpc) is 3.21. The Hall–Kier alpha value is -2.36. The van der Waals surface area contributed by atoms with E-state index in [1.165, 1.54) is 33.7 Å². The number of piperazine rings is 1. The van der Waals surface area contributed by atoms with Crippen LogP contribution >= 0.6 is 11.6 Å². The van der Waals surface area contributed by atoms with Crippen molar-refractivity contribution in [3.63, 3.8) is 0 Å². The predicted octanol–water partition coefficient (Wildman–Crippen LogP) is 1.20. The lowest BCUT2D eigenvalue weighted by Gasteiger charge is -2.34. The second-order valence-corrected chi connectivity index (χ2v) is 8.28. The number of nitrogens with one attached hydrogen (secondary N) is 1. The van der Waals surface area contributed by atoms with Gasteiger partial charge in [0.2, 0.25) is 15.9 Å². The van der Waals surface area contributed by atoms with Crippen molar-refractivity contribution in [2.75, 3.05) is 32.7 Å². The molecule has 3 rings (SSSR count). The van der Waals surface area contributed by atoms with E-state index in [9.17, 15) is 18.0 Å². The number of sulfonamides is 1. The number of furan rings is 1. The van der Waals surface area contributed by atoms with Gasteiger partial charge in [0.05, 0.1) is 17.7 Å². The van der Waals surface area contributed by atoms with Crippen molar-refractivity contribution in [1.29, 1.82) is 0 Å². The molecule has 1 saturated heterocycles. The SMILES string of the molecule is O=C(NCC(=O)N1CCN(S(=O)(=O)c2cccc(Cl)c2)CC1)c1ccco1. The molecule has 0 saturated carbocycles. The molecule has 0 bridgehead atoms. The quantitative estimate of drug-likeness (QED) is 0.796. The van der Waals surface area contributed by atoms with Gasteiger partial charge in [-0.2, -0.15) is 4.31 Å². The molecule has 1 aliphatic rings. The van der Waals surface area contributed by atoms with Gasteiger partial charge in [-0.1, -0.05) is 17.7 Å². The smallest absolute Gasteiger partial charge is 0.287 e. The average molecular weight is 412 g/mol. The van der Waals surface area contributed by atoms with Gasteiger partial charge in [0, 0.05) is 31.2 Å². The van der Waals surface area contributed by atoms with E-state index >= 15 is 0 Å². The molecule has 0 unspecified atom stereocenters. The fraction of sp³-hybridized carbons (Fsp3) is 0.294. The molecule has 1 aliphatic heterocycles. The molecule has 1 aromatic carbocycles. The van der Waals surface area contributed by atoms with Crippen LogP contribution in [0.2, 0.25) is 5.02 Å². The van der Waals surface area contributed by atoms with Crippen LogP contribution in [0.25, 0.3) is 0 Å². The number of hydrogen-bond acceptors (Lipinski definition) is 5. The summed E-state index contributed by atoms with van der Waals surface area (Å²) >= 11 is 5.87. The fourth-order valence-electron chi connectivity index (χ4n) is 2.72. The summed E-state index contributed by atoms with van der Waals surface area (Å²) in [6, 6.07) is 9.15. The molecule has 2 amide bonds. The van der Waals surface area contributed by atoms with Gasteiger partial charge in [0.25, 0.3) is 5.91 Å². The summed E-state index contributed by atoms with van der Waals surface area (Å²) < 4.78 is 31.6. The third-order valence-electron chi connectivity index (χ3n) is 4.17. The zero-order valence-electron chi connectivity index (χ0n) is 14.3. The van der Waals surface area contributed by atoms with Gasteiger partial charge in [-0.15, -0.1) is 0 Å². The molecule has 0 spiro atoms. The normalized spacial score (nSPS) is 15.5. The molecular weight excluding hydrogens is 394 g/mol. The Bertz CT molecular complexity index is 922. The fourth-order valence-corrected chi connectivity index (χ4v) is 4.44. The number of rotatable bonds is 5. The van der Waals surface area contributed by atoms with E-state index in [4.69, 9.17) is 16.0 Å². The number of hydrogen-bond donors (Lipinski definition) is 1. The topological polar surface area (TPSA) is 99.9 Å². The van der Waals surface area contributed by atoms with E-state index in [1.54, 1.807) is 18.2 Å².